The summed E-state index contributed by atoms with van der Waals surface area (Å²) in [7, 11) is 0. The molecule has 0 aliphatic heterocycles. The van der Waals surface area contributed by atoms with E-state index in [2.05, 4.69) is 98.2 Å². The zero-order chi connectivity index (χ0) is 18.7. The molecule has 0 heterocycles. The molecule has 0 spiro atoms. The summed E-state index contributed by atoms with van der Waals surface area (Å²) < 4.78 is 0. The Bertz CT molecular complexity index is 588. The zero-order valence-corrected chi connectivity index (χ0v) is 17.4. The van der Waals surface area contributed by atoms with E-state index in [1.807, 2.05) is 0 Å². The molecule has 135 valence electrons. The summed E-state index contributed by atoms with van der Waals surface area (Å²) in [6.07, 6.45) is 2.36. The van der Waals surface area contributed by atoms with Crippen LogP contribution in [0.1, 0.15) is 112 Å². The predicted octanol–water partition coefficient (Wildman–Crippen LogP) is 7.78. The molecule has 0 unspecified atom stereocenters. The third kappa shape index (κ3) is 5.21. The van der Waals surface area contributed by atoms with Crippen LogP contribution in [0, 0.1) is 6.42 Å². The summed E-state index contributed by atoms with van der Waals surface area (Å²) in [6.45, 7) is 18.2. The van der Waals surface area contributed by atoms with Gasteiger partial charge in [-0.25, -0.2) is 0 Å². The van der Waals surface area contributed by atoms with Crippen LogP contribution in [0.2, 0.25) is 0 Å². The number of rotatable bonds is 6. The van der Waals surface area contributed by atoms with Gasteiger partial charge in [0, 0.05) is 6.42 Å². The van der Waals surface area contributed by atoms with Gasteiger partial charge in [0.15, 0.2) is 0 Å². The Balaban J connectivity index is 2.44. The quantitative estimate of drug-likeness (QED) is 0.505. The maximum absolute atomic E-state index is 2.37. The normalized spacial score (nSPS) is 12.0. The van der Waals surface area contributed by atoms with Gasteiger partial charge in [-0.05, 0) is 57.1 Å². The summed E-state index contributed by atoms with van der Waals surface area (Å²) in [5.41, 5.74) is 8.38. The van der Waals surface area contributed by atoms with Crippen LogP contribution in [0.4, 0.5) is 0 Å². The second kappa shape index (κ2) is 8.21. The zero-order valence-electron chi connectivity index (χ0n) is 17.4. The smallest absolute Gasteiger partial charge is 0.0199 e. The van der Waals surface area contributed by atoms with Crippen molar-refractivity contribution in [2.24, 2.45) is 0 Å². The van der Waals surface area contributed by atoms with Gasteiger partial charge in [-0.1, -0.05) is 91.8 Å². The third-order valence-corrected chi connectivity index (χ3v) is 5.00. The van der Waals surface area contributed by atoms with Gasteiger partial charge in [0.1, 0.15) is 0 Å². The topological polar surface area (TPSA) is 0 Å². The predicted molar refractivity (Wildman–Crippen MR) is 112 cm³/mol. The molecule has 1 radical (unpaired) electrons. The Morgan fingerprint density at radius 3 is 0.880 bits per heavy atom. The summed E-state index contributed by atoms with van der Waals surface area (Å²) in [6, 6.07) is 14.2. The summed E-state index contributed by atoms with van der Waals surface area (Å²) in [5, 5.41) is 0. The van der Waals surface area contributed by atoms with Crippen molar-refractivity contribution in [1.29, 1.82) is 0 Å². The van der Waals surface area contributed by atoms with Crippen molar-refractivity contribution in [2.75, 3.05) is 0 Å². The van der Waals surface area contributed by atoms with Gasteiger partial charge in [0.2, 0.25) is 0 Å². The minimum Gasteiger partial charge on any atom is -0.0587 e. The molecule has 0 aromatic heterocycles. The van der Waals surface area contributed by atoms with Crippen LogP contribution < -0.4 is 0 Å². The first-order valence-electron chi connectivity index (χ1n) is 9.81. The Labute approximate surface area is 155 Å². The Morgan fingerprint density at radius 2 is 0.680 bits per heavy atom. The lowest BCUT2D eigenvalue weighted by atomic mass is 9.88. The molecule has 0 fully saturated rings. The van der Waals surface area contributed by atoms with Crippen molar-refractivity contribution in [3.63, 3.8) is 0 Å². The van der Waals surface area contributed by atoms with Crippen molar-refractivity contribution in [1.82, 2.24) is 0 Å². The van der Waals surface area contributed by atoms with Crippen molar-refractivity contribution >= 4 is 0 Å². The molecule has 0 aliphatic rings. The van der Waals surface area contributed by atoms with Crippen molar-refractivity contribution in [3.8, 4) is 0 Å². The second-order valence-electron chi connectivity index (χ2n) is 8.63. The summed E-state index contributed by atoms with van der Waals surface area (Å²) in [4.78, 5) is 0. The lowest BCUT2D eigenvalue weighted by molar-refractivity contribution is 0.829. The summed E-state index contributed by atoms with van der Waals surface area (Å²) in [5.74, 6) is 2.22. The number of hydrogen-bond acceptors (Lipinski definition) is 0. The minimum atomic E-state index is 0.555. The SMILES string of the molecule is CC(C)c1cc([CH]c2cc(C(C)C)cc(C(C)C)c2)cc(C(C)C)c1. The first kappa shape index (κ1) is 19.8. The van der Waals surface area contributed by atoms with E-state index in [9.17, 15) is 0 Å². The van der Waals surface area contributed by atoms with Gasteiger partial charge in [0.25, 0.3) is 0 Å². The van der Waals surface area contributed by atoms with Gasteiger partial charge in [-0.3, -0.25) is 0 Å². The summed E-state index contributed by atoms with van der Waals surface area (Å²) >= 11 is 0. The van der Waals surface area contributed by atoms with Crippen LogP contribution in [-0.4, -0.2) is 0 Å². The molecular weight excluding hydrogens is 300 g/mol. The first-order valence-corrected chi connectivity index (χ1v) is 9.81. The largest absolute Gasteiger partial charge is 0.0587 e. The van der Waals surface area contributed by atoms with Crippen molar-refractivity contribution < 1.29 is 0 Å². The molecule has 0 saturated heterocycles. The third-order valence-electron chi connectivity index (χ3n) is 5.00. The van der Waals surface area contributed by atoms with Gasteiger partial charge in [-0.2, -0.15) is 0 Å². The molecule has 0 atom stereocenters. The van der Waals surface area contributed by atoms with Crippen LogP contribution in [0.5, 0.6) is 0 Å². The highest BCUT2D eigenvalue weighted by Gasteiger charge is 2.11. The lowest BCUT2D eigenvalue weighted by Gasteiger charge is -2.17. The molecule has 2 aromatic carbocycles. The van der Waals surface area contributed by atoms with E-state index < -0.39 is 0 Å². The second-order valence-corrected chi connectivity index (χ2v) is 8.63. The fraction of sp³-hybridized carbons (Fsp3) is 0.480. The van der Waals surface area contributed by atoms with Gasteiger partial charge >= 0.3 is 0 Å². The Kier molecular flexibility index (Phi) is 6.49. The first-order chi connectivity index (χ1) is 11.7. The maximum Gasteiger partial charge on any atom is 0.0199 e. The number of benzene rings is 2. The van der Waals surface area contributed by atoms with Crippen molar-refractivity contribution in [2.45, 2.75) is 79.1 Å². The van der Waals surface area contributed by atoms with Gasteiger partial charge in [-0.15, -0.1) is 0 Å². The average molecular weight is 336 g/mol. The Morgan fingerprint density at radius 1 is 0.440 bits per heavy atom. The number of hydrogen-bond donors (Lipinski definition) is 0. The highest BCUT2D eigenvalue weighted by molar-refractivity contribution is 5.46. The van der Waals surface area contributed by atoms with Crippen LogP contribution in [-0.2, 0) is 0 Å². The maximum atomic E-state index is 2.37. The van der Waals surface area contributed by atoms with Crippen LogP contribution in [0.25, 0.3) is 0 Å². The van der Waals surface area contributed by atoms with E-state index in [0.717, 1.165) is 0 Å². The molecule has 2 rings (SSSR count). The van der Waals surface area contributed by atoms with Gasteiger partial charge < -0.3 is 0 Å². The molecule has 0 N–H and O–H groups in total. The van der Waals surface area contributed by atoms with E-state index >= 15 is 0 Å². The molecule has 0 aliphatic carbocycles. The lowest BCUT2D eigenvalue weighted by Crippen LogP contribution is -1.99. The standard InChI is InChI=1S/C25H35/c1-16(2)22-10-20(11-23(14-22)17(3)4)9-21-12-24(18(5)6)15-25(13-21)19(7)8/h9-19H,1-8H3. The van der Waals surface area contributed by atoms with Crippen LogP contribution in [0.3, 0.4) is 0 Å². The molecule has 2 aromatic rings. The molecule has 0 heteroatoms. The highest BCUT2D eigenvalue weighted by Crippen LogP contribution is 2.28. The minimum absolute atomic E-state index is 0.555. The van der Waals surface area contributed by atoms with E-state index in [1.165, 1.54) is 33.4 Å². The molecule has 0 amide bonds. The van der Waals surface area contributed by atoms with Crippen LogP contribution >= 0.6 is 0 Å². The fourth-order valence-electron chi connectivity index (χ4n) is 3.10. The average Bonchev–Trinajstić information content (AvgIpc) is 2.53. The van der Waals surface area contributed by atoms with E-state index in [4.69, 9.17) is 0 Å². The van der Waals surface area contributed by atoms with Crippen LogP contribution in [0.15, 0.2) is 36.4 Å². The highest BCUT2D eigenvalue weighted by atomic mass is 14.2. The molecular formula is C25H35. The van der Waals surface area contributed by atoms with E-state index in [0.29, 0.717) is 23.7 Å². The van der Waals surface area contributed by atoms with E-state index in [-0.39, 0.29) is 0 Å². The molecule has 25 heavy (non-hydrogen) atoms. The Hall–Kier alpha value is -1.56. The molecule has 0 saturated carbocycles. The van der Waals surface area contributed by atoms with Crippen molar-refractivity contribution in [3.05, 3.63) is 76.2 Å². The molecule has 0 bridgehead atoms. The fourth-order valence-corrected chi connectivity index (χ4v) is 3.10. The molecule has 0 nitrogen and oxygen atoms in total. The monoisotopic (exact) mass is 335 g/mol. The van der Waals surface area contributed by atoms with Gasteiger partial charge in [0.05, 0.1) is 0 Å². The van der Waals surface area contributed by atoms with E-state index in [1.54, 1.807) is 0 Å².